The van der Waals surface area contributed by atoms with Gasteiger partial charge in [-0.2, -0.15) is 5.10 Å². The van der Waals surface area contributed by atoms with Gasteiger partial charge < -0.3 is 5.11 Å². The molecule has 0 aliphatic carbocycles. The maximum Gasteiger partial charge on any atom is 0.335 e. The number of carbonyl (C=O) groups is 1. The molecule has 2 rings (SSSR count). The average molecular weight is 323 g/mol. The lowest BCUT2D eigenvalue weighted by molar-refractivity contribution is 0.0696. The lowest BCUT2D eigenvalue weighted by Crippen LogP contribution is -2.03. The third-order valence-electron chi connectivity index (χ3n) is 3.17. The zero-order chi connectivity index (χ0) is 14.2. The topological polar surface area (TPSA) is 55.1 Å². The molecule has 100 valence electrons. The summed E-state index contributed by atoms with van der Waals surface area (Å²) in [6, 6.07) is 5.08. The minimum absolute atomic E-state index is 0.245. The molecule has 0 aliphatic heterocycles. The second-order valence-electron chi connectivity index (χ2n) is 4.42. The Hall–Kier alpha value is -1.62. The van der Waals surface area contributed by atoms with Crippen LogP contribution in [0, 0.1) is 13.8 Å². The summed E-state index contributed by atoms with van der Waals surface area (Å²) in [5.41, 5.74) is 4.24. The highest BCUT2D eigenvalue weighted by Gasteiger charge is 2.13. The number of halogens is 1. The van der Waals surface area contributed by atoms with Crippen molar-refractivity contribution in [3.05, 3.63) is 45.2 Å². The zero-order valence-electron chi connectivity index (χ0n) is 11.1. The molecule has 0 amide bonds. The number of aromatic carboxylic acids is 1. The van der Waals surface area contributed by atoms with E-state index in [2.05, 4.69) is 28.0 Å². The second-order valence-corrected chi connectivity index (χ2v) is 5.33. The Morgan fingerprint density at radius 1 is 1.37 bits per heavy atom. The number of hydrogen-bond acceptors (Lipinski definition) is 2. The Labute approximate surface area is 120 Å². The molecule has 1 N–H and O–H groups in total. The van der Waals surface area contributed by atoms with Gasteiger partial charge in [-0.25, -0.2) is 9.48 Å². The smallest absolute Gasteiger partial charge is 0.335 e. The standard InChI is InChI=1S/C14H15BrN2O2/c1-4-13-8(2)16-17(9(13)3)12-6-10(14(18)19)5-11(15)7-12/h5-7H,4H2,1-3H3,(H,18,19). The summed E-state index contributed by atoms with van der Waals surface area (Å²) in [7, 11) is 0. The second kappa shape index (κ2) is 5.17. The van der Waals surface area contributed by atoms with E-state index in [0.29, 0.717) is 0 Å². The van der Waals surface area contributed by atoms with Crippen molar-refractivity contribution in [3.63, 3.8) is 0 Å². The Morgan fingerprint density at radius 3 is 2.58 bits per heavy atom. The number of hydrogen-bond donors (Lipinski definition) is 1. The fourth-order valence-electron chi connectivity index (χ4n) is 2.26. The molecule has 0 saturated heterocycles. The Kier molecular flexibility index (Phi) is 3.75. The largest absolute Gasteiger partial charge is 0.478 e. The lowest BCUT2D eigenvalue weighted by Gasteiger charge is -2.07. The molecule has 0 unspecified atom stereocenters. The van der Waals surface area contributed by atoms with Gasteiger partial charge in [-0.1, -0.05) is 22.9 Å². The van der Waals surface area contributed by atoms with Crippen LogP contribution in [0.2, 0.25) is 0 Å². The summed E-state index contributed by atoms with van der Waals surface area (Å²) in [5, 5.41) is 13.6. The molecule has 19 heavy (non-hydrogen) atoms. The highest BCUT2D eigenvalue weighted by Crippen LogP contribution is 2.23. The molecule has 0 atom stereocenters. The molecule has 1 heterocycles. The van der Waals surface area contributed by atoms with Gasteiger partial charge in [0.25, 0.3) is 0 Å². The van der Waals surface area contributed by atoms with Crippen LogP contribution in [0.15, 0.2) is 22.7 Å². The summed E-state index contributed by atoms with van der Waals surface area (Å²) in [5.74, 6) is -0.945. The predicted molar refractivity (Wildman–Crippen MR) is 77.1 cm³/mol. The molecular weight excluding hydrogens is 308 g/mol. The highest BCUT2D eigenvalue weighted by molar-refractivity contribution is 9.10. The molecule has 1 aromatic heterocycles. The van der Waals surface area contributed by atoms with Crippen LogP contribution in [0.3, 0.4) is 0 Å². The predicted octanol–water partition coefficient (Wildman–Crippen LogP) is 3.51. The van der Waals surface area contributed by atoms with E-state index >= 15 is 0 Å². The lowest BCUT2D eigenvalue weighted by atomic mass is 10.1. The first-order chi connectivity index (χ1) is 8.93. The van der Waals surface area contributed by atoms with Crippen molar-refractivity contribution in [1.29, 1.82) is 0 Å². The average Bonchev–Trinajstić information content (AvgIpc) is 2.63. The van der Waals surface area contributed by atoms with Crippen LogP contribution in [0.4, 0.5) is 0 Å². The fraction of sp³-hybridized carbons (Fsp3) is 0.286. The van der Waals surface area contributed by atoms with Crippen LogP contribution < -0.4 is 0 Å². The monoisotopic (exact) mass is 322 g/mol. The molecule has 0 aliphatic rings. The van der Waals surface area contributed by atoms with Crippen molar-refractivity contribution >= 4 is 21.9 Å². The number of nitrogens with zero attached hydrogens (tertiary/aromatic N) is 2. The van der Waals surface area contributed by atoms with Crippen molar-refractivity contribution < 1.29 is 9.90 Å². The molecule has 1 aromatic carbocycles. The molecule has 4 nitrogen and oxygen atoms in total. The summed E-state index contributed by atoms with van der Waals surface area (Å²) >= 11 is 3.34. The highest BCUT2D eigenvalue weighted by atomic mass is 79.9. The van der Waals surface area contributed by atoms with Gasteiger partial charge in [-0.3, -0.25) is 0 Å². The third kappa shape index (κ3) is 2.56. The van der Waals surface area contributed by atoms with Crippen molar-refractivity contribution in [2.24, 2.45) is 0 Å². The number of rotatable bonds is 3. The quantitative estimate of drug-likeness (QED) is 0.940. The van der Waals surface area contributed by atoms with E-state index < -0.39 is 5.97 Å². The van der Waals surface area contributed by atoms with Crippen LogP contribution >= 0.6 is 15.9 Å². The maximum atomic E-state index is 11.1. The first-order valence-corrected chi connectivity index (χ1v) is 6.82. The van der Waals surface area contributed by atoms with Gasteiger partial charge in [0.2, 0.25) is 0 Å². The maximum absolute atomic E-state index is 11.1. The van der Waals surface area contributed by atoms with Crippen LogP contribution in [-0.4, -0.2) is 20.9 Å². The SMILES string of the molecule is CCc1c(C)nn(-c2cc(Br)cc(C(=O)O)c2)c1C. The van der Waals surface area contributed by atoms with E-state index in [1.807, 2.05) is 19.9 Å². The molecule has 0 spiro atoms. The molecule has 0 bridgehead atoms. The minimum Gasteiger partial charge on any atom is -0.478 e. The van der Waals surface area contributed by atoms with Gasteiger partial charge >= 0.3 is 5.97 Å². The molecular formula is C14H15BrN2O2. The summed E-state index contributed by atoms with van der Waals surface area (Å²) < 4.78 is 2.53. The van der Waals surface area contributed by atoms with Crippen molar-refractivity contribution in [3.8, 4) is 5.69 Å². The van der Waals surface area contributed by atoms with Gasteiger partial charge in [-0.15, -0.1) is 0 Å². The molecule has 0 saturated carbocycles. The van der Waals surface area contributed by atoms with E-state index in [1.54, 1.807) is 16.8 Å². The molecule has 5 heteroatoms. The van der Waals surface area contributed by atoms with Gasteiger partial charge in [-0.05, 0) is 44.0 Å². The van der Waals surface area contributed by atoms with Crippen LogP contribution in [-0.2, 0) is 6.42 Å². The number of carboxylic acids is 1. The molecule has 0 fully saturated rings. The van der Waals surface area contributed by atoms with Gasteiger partial charge in [0.1, 0.15) is 0 Å². The van der Waals surface area contributed by atoms with Crippen molar-refractivity contribution in [2.45, 2.75) is 27.2 Å². The summed E-state index contributed by atoms with van der Waals surface area (Å²) in [6.45, 7) is 6.06. The number of carboxylic acid groups (broad SMARTS) is 1. The fourth-order valence-corrected chi connectivity index (χ4v) is 2.74. The van der Waals surface area contributed by atoms with Crippen molar-refractivity contribution in [1.82, 2.24) is 9.78 Å². The number of benzene rings is 1. The van der Waals surface area contributed by atoms with Gasteiger partial charge in [0, 0.05) is 10.2 Å². The Morgan fingerprint density at radius 2 is 2.05 bits per heavy atom. The first kappa shape index (κ1) is 13.8. The van der Waals surface area contributed by atoms with Gasteiger partial charge in [0.05, 0.1) is 16.9 Å². The molecule has 0 radical (unpaired) electrons. The van der Waals surface area contributed by atoms with Crippen LogP contribution in [0.1, 0.15) is 34.2 Å². The number of aromatic nitrogens is 2. The van der Waals surface area contributed by atoms with Gasteiger partial charge in [0.15, 0.2) is 0 Å². The normalized spacial score (nSPS) is 10.7. The van der Waals surface area contributed by atoms with Crippen molar-refractivity contribution in [2.75, 3.05) is 0 Å². The Bertz CT molecular complexity index is 647. The summed E-state index contributed by atoms with van der Waals surface area (Å²) in [4.78, 5) is 11.1. The Balaban J connectivity index is 2.62. The third-order valence-corrected chi connectivity index (χ3v) is 3.63. The zero-order valence-corrected chi connectivity index (χ0v) is 12.7. The van der Waals surface area contributed by atoms with E-state index in [-0.39, 0.29) is 5.56 Å². The first-order valence-electron chi connectivity index (χ1n) is 6.03. The van der Waals surface area contributed by atoms with Crippen LogP contribution in [0.5, 0.6) is 0 Å². The summed E-state index contributed by atoms with van der Waals surface area (Å²) in [6.07, 6.45) is 0.914. The van der Waals surface area contributed by atoms with E-state index in [4.69, 9.17) is 5.11 Å². The van der Waals surface area contributed by atoms with E-state index in [1.165, 1.54) is 5.56 Å². The number of aryl methyl sites for hydroxylation is 1. The van der Waals surface area contributed by atoms with Crippen LogP contribution in [0.25, 0.3) is 5.69 Å². The van der Waals surface area contributed by atoms with E-state index in [9.17, 15) is 4.79 Å². The minimum atomic E-state index is -0.945. The van der Waals surface area contributed by atoms with E-state index in [0.717, 1.165) is 28.0 Å². The molecule has 2 aromatic rings.